The standard InChI is InChI=1S/C23H27N3O2S/c1-5-25(17-13-14(2)10-11-15(17)3)23(28)20-16(4)19-21(29-20)24-18-9-7-6-8-12-26(18)22(19)27/h10-11,13H,5-9,12H2,1-4H3. The fourth-order valence-corrected chi connectivity index (χ4v) is 5.31. The van der Waals surface area contributed by atoms with Gasteiger partial charge in [-0.25, -0.2) is 4.98 Å². The lowest BCUT2D eigenvalue weighted by atomic mass is 10.1. The maximum Gasteiger partial charge on any atom is 0.268 e. The second-order valence-electron chi connectivity index (χ2n) is 7.87. The largest absolute Gasteiger partial charge is 0.308 e. The summed E-state index contributed by atoms with van der Waals surface area (Å²) < 4.78 is 1.83. The predicted octanol–water partition coefficient (Wildman–Crippen LogP) is 4.78. The number of thiophene rings is 1. The van der Waals surface area contributed by atoms with E-state index in [0.717, 1.165) is 60.4 Å². The third-order valence-electron chi connectivity index (χ3n) is 5.82. The van der Waals surface area contributed by atoms with E-state index in [1.807, 2.05) is 43.2 Å². The zero-order valence-corrected chi connectivity index (χ0v) is 18.4. The minimum Gasteiger partial charge on any atom is -0.308 e. The predicted molar refractivity (Wildman–Crippen MR) is 119 cm³/mol. The molecule has 0 bridgehead atoms. The Balaban J connectivity index is 1.84. The normalized spacial score (nSPS) is 13.9. The lowest BCUT2D eigenvalue weighted by molar-refractivity contribution is 0.0991. The van der Waals surface area contributed by atoms with Gasteiger partial charge in [0.1, 0.15) is 10.7 Å². The Morgan fingerprint density at radius 1 is 1.21 bits per heavy atom. The Morgan fingerprint density at radius 2 is 2.00 bits per heavy atom. The number of anilines is 1. The van der Waals surface area contributed by atoms with Crippen molar-refractivity contribution in [2.24, 2.45) is 0 Å². The number of carbonyl (C=O) groups is 1. The van der Waals surface area contributed by atoms with Crippen LogP contribution in [0, 0.1) is 20.8 Å². The van der Waals surface area contributed by atoms with Gasteiger partial charge in [0.25, 0.3) is 11.5 Å². The second kappa shape index (κ2) is 7.75. The Hall–Kier alpha value is -2.47. The number of hydrogen-bond donors (Lipinski definition) is 0. The van der Waals surface area contributed by atoms with Gasteiger partial charge in [0.2, 0.25) is 0 Å². The first-order chi connectivity index (χ1) is 13.9. The van der Waals surface area contributed by atoms with Crippen LogP contribution in [0.5, 0.6) is 0 Å². The molecular formula is C23H27N3O2S. The summed E-state index contributed by atoms with van der Waals surface area (Å²) in [5.41, 5.74) is 3.88. The number of aryl methyl sites for hydroxylation is 4. The van der Waals surface area contributed by atoms with Gasteiger partial charge in [-0.2, -0.15) is 0 Å². The van der Waals surface area contributed by atoms with E-state index in [0.29, 0.717) is 21.6 Å². The zero-order chi connectivity index (χ0) is 20.7. The van der Waals surface area contributed by atoms with Crippen molar-refractivity contribution in [1.82, 2.24) is 9.55 Å². The van der Waals surface area contributed by atoms with E-state index in [1.54, 1.807) is 0 Å². The summed E-state index contributed by atoms with van der Waals surface area (Å²) in [5.74, 6) is 0.809. The number of rotatable bonds is 3. The van der Waals surface area contributed by atoms with Crippen molar-refractivity contribution in [2.45, 2.75) is 59.9 Å². The van der Waals surface area contributed by atoms with E-state index >= 15 is 0 Å². The maximum atomic E-state index is 13.5. The summed E-state index contributed by atoms with van der Waals surface area (Å²) in [6.45, 7) is 9.21. The number of benzene rings is 1. The van der Waals surface area contributed by atoms with Crippen molar-refractivity contribution in [3.05, 3.63) is 55.9 Å². The molecule has 0 radical (unpaired) electrons. The molecule has 0 unspecified atom stereocenters. The molecule has 1 aliphatic heterocycles. The highest BCUT2D eigenvalue weighted by atomic mass is 32.1. The van der Waals surface area contributed by atoms with Gasteiger partial charge in [0.15, 0.2) is 0 Å². The van der Waals surface area contributed by atoms with Gasteiger partial charge in [-0.15, -0.1) is 11.3 Å². The fourth-order valence-electron chi connectivity index (χ4n) is 4.17. The number of aromatic nitrogens is 2. The van der Waals surface area contributed by atoms with Gasteiger partial charge in [-0.3, -0.25) is 14.2 Å². The molecule has 0 saturated carbocycles. The molecule has 6 heteroatoms. The molecule has 1 aromatic carbocycles. The van der Waals surface area contributed by atoms with E-state index in [1.165, 1.54) is 11.3 Å². The molecule has 2 aromatic heterocycles. The first-order valence-corrected chi connectivity index (χ1v) is 11.2. The minimum absolute atomic E-state index is 0.00878. The molecule has 3 heterocycles. The number of amides is 1. The molecule has 0 fully saturated rings. The Morgan fingerprint density at radius 3 is 2.76 bits per heavy atom. The number of nitrogens with zero attached hydrogens (tertiary/aromatic N) is 3. The average molecular weight is 410 g/mol. The third-order valence-corrected chi connectivity index (χ3v) is 7.00. The van der Waals surface area contributed by atoms with E-state index in [9.17, 15) is 9.59 Å². The van der Waals surface area contributed by atoms with Crippen molar-refractivity contribution in [3.63, 3.8) is 0 Å². The van der Waals surface area contributed by atoms with Crippen molar-refractivity contribution >= 4 is 33.1 Å². The summed E-state index contributed by atoms with van der Waals surface area (Å²) in [5, 5.41) is 0.612. The van der Waals surface area contributed by atoms with Gasteiger partial charge in [0, 0.05) is 25.2 Å². The van der Waals surface area contributed by atoms with Crippen LogP contribution in [0.1, 0.15) is 58.4 Å². The van der Waals surface area contributed by atoms with E-state index in [2.05, 4.69) is 12.1 Å². The molecule has 0 N–H and O–H groups in total. The molecule has 1 aliphatic rings. The second-order valence-corrected chi connectivity index (χ2v) is 8.87. The van der Waals surface area contributed by atoms with Crippen LogP contribution in [-0.2, 0) is 13.0 Å². The van der Waals surface area contributed by atoms with Crippen LogP contribution in [0.25, 0.3) is 10.2 Å². The van der Waals surface area contributed by atoms with E-state index in [-0.39, 0.29) is 11.5 Å². The Kier molecular flexibility index (Phi) is 5.30. The highest BCUT2D eigenvalue weighted by Crippen LogP contribution is 2.31. The van der Waals surface area contributed by atoms with Crippen LogP contribution in [0.4, 0.5) is 5.69 Å². The molecule has 29 heavy (non-hydrogen) atoms. The first kappa shape index (κ1) is 19.8. The lowest BCUT2D eigenvalue weighted by Crippen LogP contribution is -2.31. The molecule has 152 valence electrons. The molecule has 3 aromatic rings. The van der Waals surface area contributed by atoms with Crippen molar-refractivity contribution in [2.75, 3.05) is 11.4 Å². The van der Waals surface area contributed by atoms with E-state index < -0.39 is 0 Å². The summed E-state index contributed by atoms with van der Waals surface area (Å²) >= 11 is 1.36. The van der Waals surface area contributed by atoms with Crippen LogP contribution in [0.15, 0.2) is 23.0 Å². The molecular weight excluding hydrogens is 382 g/mol. The van der Waals surface area contributed by atoms with Crippen LogP contribution in [-0.4, -0.2) is 22.0 Å². The summed E-state index contributed by atoms with van der Waals surface area (Å²) in [7, 11) is 0. The zero-order valence-electron chi connectivity index (χ0n) is 17.5. The molecule has 0 saturated heterocycles. The number of fused-ring (bicyclic) bond motifs is 2. The first-order valence-electron chi connectivity index (χ1n) is 10.3. The van der Waals surface area contributed by atoms with Gasteiger partial charge < -0.3 is 4.90 Å². The molecule has 5 nitrogen and oxygen atoms in total. The van der Waals surface area contributed by atoms with Gasteiger partial charge in [0.05, 0.1) is 10.3 Å². The topological polar surface area (TPSA) is 55.2 Å². The van der Waals surface area contributed by atoms with Gasteiger partial charge in [-0.05, 0) is 63.3 Å². The van der Waals surface area contributed by atoms with Crippen molar-refractivity contribution in [3.8, 4) is 0 Å². The SMILES string of the molecule is CCN(C(=O)c1sc2nc3n(c(=O)c2c1C)CCCCC3)c1cc(C)ccc1C. The molecule has 0 spiro atoms. The fraction of sp³-hybridized carbons (Fsp3) is 0.435. The van der Waals surface area contributed by atoms with Gasteiger partial charge in [-0.1, -0.05) is 18.6 Å². The maximum absolute atomic E-state index is 13.5. The van der Waals surface area contributed by atoms with Crippen molar-refractivity contribution in [1.29, 1.82) is 0 Å². The highest BCUT2D eigenvalue weighted by molar-refractivity contribution is 7.20. The Labute approximate surface area is 175 Å². The van der Waals surface area contributed by atoms with Crippen LogP contribution >= 0.6 is 11.3 Å². The Bertz CT molecular complexity index is 1160. The molecule has 0 atom stereocenters. The lowest BCUT2D eigenvalue weighted by Gasteiger charge is -2.23. The smallest absolute Gasteiger partial charge is 0.268 e. The molecule has 4 rings (SSSR count). The molecule has 1 amide bonds. The number of carbonyl (C=O) groups excluding carboxylic acids is 1. The van der Waals surface area contributed by atoms with E-state index in [4.69, 9.17) is 4.98 Å². The average Bonchev–Trinajstić information content (AvgIpc) is 2.87. The summed E-state index contributed by atoms with van der Waals surface area (Å²) in [6, 6.07) is 6.15. The van der Waals surface area contributed by atoms with Crippen molar-refractivity contribution < 1.29 is 4.79 Å². The number of hydrogen-bond acceptors (Lipinski definition) is 4. The third kappa shape index (κ3) is 3.39. The van der Waals surface area contributed by atoms with Crippen LogP contribution in [0.3, 0.4) is 0 Å². The monoisotopic (exact) mass is 409 g/mol. The van der Waals surface area contributed by atoms with Gasteiger partial charge >= 0.3 is 0 Å². The molecule has 0 aliphatic carbocycles. The summed E-state index contributed by atoms with van der Waals surface area (Å²) in [6.07, 6.45) is 4.02. The highest BCUT2D eigenvalue weighted by Gasteiger charge is 2.26. The van der Waals surface area contributed by atoms with Crippen LogP contribution < -0.4 is 10.5 Å². The minimum atomic E-state index is -0.0544. The summed E-state index contributed by atoms with van der Waals surface area (Å²) in [4.78, 5) is 34.6. The quantitative estimate of drug-likeness (QED) is 0.626. The van der Waals surface area contributed by atoms with Crippen LogP contribution in [0.2, 0.25) is 0 Å².